The van der Waals surface area contributed by atoms with Gasteiger partial charge in [-0.05, 0) is 37.3 Å². The SMILES string of the molecule is C[C@H](NC(=O)c1cccc(S(=O)(=O)N(C)C)c1)c1cc2ccccc2o1. The molecule has 0 unspecified atom stereocenters. The molecule has 0 aliphatic heterocycles. The zero-order chi connectivity index (χ0) is 18.9. The summed E-state index contributed by atoms with van der Waals surface area (Å²) in [6.45, 7) is 1.82. The number of furan rings is 1. The Morgan fingerprint density at radius 3 is 2.50 bits per heavy atom. The first-order chi connectivity index (χ1) is 12.3. The van der Waals surface area contributed by atoms with Gasteiger partial charge in [0.1, 0.15) is 11.3 Å². The second-order valence-corrected chi connectivity index (χ2v) is 8.35. The molecule has 7 heteroatoms. The van der Waals surface area contributed by atoms with Crippen molar-refractivity contribution in [2.45, 2.75) is 17.9 Å². The molecule has 6 nitrogen and oxygen atoms in total. The summed E-state index contributed by atoms with van der Waals surface area (Å²) in [5.74, 6) is 0.269. The van der Waals surface area contributed by atoms with Gasteiger partial charge in [0.15, 0.2) is 0 Å². The van der Waals surface area contributed by atoms with Gasteiger partial charge in [0.2, 0.25) is 10.0 Å². The van der Waals surface area contributed by atoms with Crippen LogP contribution in [0.4, 0.5) is 0 Å². The highest BCUT2D eigenvalue weighted by Crippen LogP contribution is 2.24. The van der Waals surface area contributed by atoms with E-state index in [0.717, 1.165) is 15.3 Å². The van der Waals surface area contributed by atoms with Gasteiger partial charge in [-0.3, -0.25) is 4.79 Å². The van der Waals surface area contributed by atoms with Crippen molar-refractivity contribution in [2.75, 3.05) is 14.1 Å². The summed E-state index contributed by atoms with van der Waals surface area (Å²) in [4.78, 5) is 12.6. The number of rotatable bonds is 5. The van der Waals surface area contributed by atoms with E-state index in [1.807, 2.05) is 37.3 Å². The molecular weight excluding hydrogens is 352 g/mol. The first-order valence-electron chi connectivity index (χ1n) is 8.11. The number of nitrogens with one attached hydrogen (secondary N) is 1. The molecule has 0 saturated carbocycles. The van der Waals surface area contributed by atoms with E-state index >= 15 is 0 Å². The van der Waals surface area contributed by atoms with Crippen molar-refractivity contribution in [1.29, 1.82) is 0 Å². The van der Waals surface area contributed by atoms with Gasteiger partial charge < -0.3 is 9.73 Å². The Labute approximate surface area is 152 Å². The van der Waals surface area contributed by atoms with Crippen molar-refractivity contribution in [1.82, 2.24) is 9.62 Å². The van der Waals surface area contributed by atoms with Gasteiger partial charge >= 0.3 is 0 Å². The van der Waals surface area contributed by atoms with E-state index in [4.69, 9.17) is 4.42 Å². The fraction of sp³-hybridized carbons (Fsp3) is 0.211. The fourth-order valence-electron chi connectivity index (χ4n) is 2.58. The molecule has 1 aromatic heterocycles. The third kappa shape index (κ3) is 3.49. The Morgan fingerprint density at radius 1 is 1.08 bits per heavy atom. The van der Waals surface area contributed by atoms with Crippen LogP contribution >= 0.6 is 0 Å². The number of carbonyl (C=O) groups excluding carboxylic acids is 1. The molecular formula is C19H20N2O4S. The number of amides is 1. The van der Waals surface area contributed by atoms with Crippen LogP contribution in [0.1, 0.15) is 29.1 Å². The third-order valence-electron chi connectivity index (χ3n) is 4.09. The predicted octanol–water partition coefficient (Wildman–Crippen LogP) is 3.17. The number of nitrogens with zero attached hydrogens (tertiary/aromatic N) is 1. The van der Waals surface area contributed by atoms with Crippen LogP contribution in [0.3, 0.4) is 0 Å². The standard InChI is InChI=1S/C19H20N2O4S/c1-13(18-12-14-7-4-5-10-17(14)25-18)20-19(22)15-8-6-9-16(11-15)26(23,24)21(2)3/h4-13H,1-3H3,(H,20,22)/t13-/m0/s1. The first-order valence-corrected chi connectivity index (χ1v) is 9.55. The van der Waals surface area contributed by atoms with Crippen molar-refractivity contribution >= 4 is 26.9 Å². The quantitative estimate of drug-likeness (QED) is 0.746. The third-order valence-corrected chi connectivity index (χ3v) is 5.90. The summed E-state index contributed by atoms with van der Waals surface area (Å²) in [6.07, 6.45) is 0. The fourth-order valence-corrected chi connectivity index (χ4v) is 3.52. The van der Waals surface area contributed by atoms with Crippen LogP contribution in [0.15, 0.2) is 63.9 Å². The Balaban J connectivity index is 1.81. The lowest BCUT2D eigenvalue weighted by molar-refractivity contribution is 0.0935. The van der Waals surface area contributed by atoms with Gasteiger partial charge in [0.25, 0.3) is 5.91 Å². The van der Waals surface area contributed by atoms with Gasteiger partial charge in [-0.25, -0.2) is 12.7 Å². The molecule has 3 aromatic rings. The number of hydrogen-bond donors (Lipinski definition) is 1. The Bertz CT molecular complexity index is 1020. The number of benzene rings is 2. The summed E-state index contributed by atoms with van der Waals surface area (Å²) < 4.78 is 31.3. The summed E-state index contributed by atoms with van der Waals surface area (Å²) >= 11 is 0. The summed E-state index contributed by atoms with van der Waals surface area (Å²) in [7, 11) is -0.696. The van der Waals surface area contributed by atoms with Crippen LogP contribution in [0.2, 0.25) is 0 Å². The Morgan fingerprint density at radius 2 is 1.81 bits per heavy atom. The van der Waals surface area contributed by atoms with Crippen LogP contribution in [0.5, 0.6) is 0 Å². The average Bonchev–Trinajstić information content (AvgIpc) is 3.06. The lowest BCUT2D eigenvalue weighted by Crippen LogP contribution is -2.27. The van der Waals surface area contributed by atoms with Crippen LogP contribution in [0.25, 0.3) is 11.0 Å². The first kappa shape index (κ1) is 18.2. The molecule has 1 amide bonds. The van der Waals surface area contributed by atoms with Gasteiger partial charge in [0.05, 0.1) is 10.9 Å². The van der Waals surface area contributed by atoms with E-state index in [0.29, 0.717) is 5.76 Å². The van der Waals surface area contributed by atoms with Crippen molar-refractivity contribution in [2.24, 2.45) is 0 Å². The second kappa shape index (κ2) is 6.93. The van der Waals surface area contributed by atoms with Crippen LogP contribution in [0, 0.1) is 0 Å². The second-order valence-electron chi connectivity index (χ2n) is 6.20. The number of sulfonamides is 1. The molecule has 0 aliphatic carbocycles. The van der Waals surface area contributed by atoms with Gasteiger partial charge in [-0.15, -0.1) is 0 Å². The molecule has 0 spiro atoms. The minimum absolute atomic E-state index is 0.0755. The molecule has 1 heterocycles. The molecule has 0 aliphatic rings. The maximum absolute atomic E-state index is 12.5. The molecule has 0 radical (unpaired) electrons. The Hall–Kier alpha value is -2.64. The highest BCUT2D eigenvalue weighted by atomic mass is 32.2. The zero-order valence-corrected chi connectivity index (χ0v) is 15.6. The molecule has 0 saturated heterocycles. The van der Waals surface area contributed by atoms with E-state index in [2.05, 4.69) is 5.32 Å². The summed E-state index contributed by atoms with van der Waals surface area (Å²) in [6, 6.07) is 15.1. The van der Waals surface area contributed by atoms with Crippen molar-refractivity contribution in [3.8, 4) is 0 Å². The predicted molar refractivity (Wildman–Crippen MR) is 99.4 cm³/mol. The van der Waals surface area contributed by atoms with Crippen molar-refractivity contribution in [3.05, 3.63) is 65.9 Å². The Kier molecular flexibility index (Phi) is 4.84. The molecule has 136 valence electrons. The van der Waals surface area contributed by atoms with Crippen LogP contribution < -0.4 is 5.32 Å². The maximum atomic E-state index is 12.5. The van der Waals surface area contributed by atoms with E-state index in [1.54, 1.807) is 12.1 Å². The monoisotopic (exact) mass is 372 g/mol. The number of fused-ring (bicyclic) bond motifs is 1. The molecule has 2 aromatic carbocycles. The van der Waals surface area contributed by atoms with Gasteiger partial charge in [-0.2, -0.15) is 0 Å². The summed E-state index contributed by atoms with van der Waals surface area (Å²) in [5.41, 5.74) is 1.03. The lowest BCUT2D eigenvalue weighted by atomic mass is 10.1. The largest absolute Gasteiger partial charge is 0.459 e. The number of hydrogen-bond acceptors (Lipinski definition) is 4. The average molecular weight is 372 g/mol. The highest BCUT2D eigenvalue weighted by molar-refractivity contribution is 7.89. The van der Waals surface area contributed by atoms with Gasteiger partial charge in [0, 0.05) is 25.0 Å². The van der Waals surface area contributed by atoms with E-state index < -0.39 is 10.0 Å². The minimum atomic E-state index is -3.60. The number of carbonyl (C=O) groups is 1. The molecule has 1 N–H and O–H groups in total. The highest BCUT2D eigenvalue weighted by Gasteiger charge is 2.20. The molecule has 3 rings (SSSR count). The van der Waals surface area contributed by atoms with Crippen molar-refractivity contribution in [3.63, 3.8) is 0 Å². The van der Waals surface area contributed by atoms with Crippen LogP contribution in [-0.4, -0.2) is 32.7 Å². The van der Waals surface area contributed by atoms with Crippen LogP contribution in [-0.2, 0) is 10.0 Å². The molecule has 26 heavy (non-hydrogen) atoms. The van der Waals surface area contributed by atoms with Crippen molar-refractivity contribution < 1.29 is 17.6 Å². The normalized spacial score (nSPS) is 13.1. The lowest BCUT2D eigenvalue weighted by Gasteiger charge is -2.14. The topological polar surface area (TPSA) is 79.6 Å². The van der Waals surface area contributed by atoms with E-state index in [9.17, 15) is 13.2 Å². The molecule has 0 fully saturated rings. The van der Waals surface area contributed by atoms with Gasteiger partial charge in [-0.1, -0.05) is 24.3 Å². The zero-order valence-electron chi connectivity index (χ0n) is 14.8. The van der Waals surface area contributed by atoms with E-state index in [1.165, 1.54) is 26.2 Å². The maximum Gasteiger partial charge on any atom is 0.251 e. The van der Waals surface area contributed by atoms with E-state index in [-0.39, 0.29) is 22.4 Å². The minimum Gasteiger partial charge on any atom is -0.459 e. The molecule has 1 atom stereocenters. The number of para-hydroxylation sites is 1. The summed E-state index contributed by atoms with van der Waals surface area (Å²) in [5, 5.41) is 3.80. The molecule has 0 bridgehead atoms. The smallest absolute Gasteiger partial charge is 0.251 e.